The summed E-state index contributed by atoms with van der Waals surface area (Å²) in [6, 6.07) is 4.63. The van der Waals surface area contributed by atoms with Crippen LogP contribution in [0.4, 0.5) is 0 Å². The Morgan fingerprint density at radius 3 is 2.90 bits per heavy atom. The van der Waals surface area contributed by atoms with E-state index >= 15 is 0 Å². The number of hydrogen-bond acceptors (Lipinski definition) is 3. The third kappa shape index (κ3) is 3.01. The summed E-state index contributed by atoms with van der Waals surface area (Å²) in [6.07, 6.45) is 4.54. The van der Waals surface area contributed by atoms with Crippen LogP contribution in [0.25, 0.3) is 0 Å². The van der Waals surface area contributed by atoms with Crippen molar-refractivity contribution in [3.05, 3.63) is 28.8 Å². The Morgan fingerprint density at radius 2 is 2.14 bits per heavy atom. The van der Waals surface area contributed by atoms with Crippen LogP contribution in [0, 0.1) is 5.41 Å². The van der Waals surface area contributed by atoms with Gasteiger partial charge in [0.2, 0.25) is 0 Å². The van der Waals surface area contributed by atoms with Gasteiger partial charge in [0, 0.05) is 30.1 Å². The molecule has 114 valence electrons. The van der Waals surface area contributed by atoms with Crippen LogP contribution in [0.15, 0.2) is 18.2 Å². The number of aromatic hydroxyl groups is 1. The third-order valence-corrected chi connectivity index (χ3v) is 4.93. The van der Waals surface area contributed by atoms with Crippen molar-refractivity contribution in [2.24, 2.45) is 5.41 Å². The fourth-order valence-electron chi connectivity index (χ4n) is 3.61. The molecular weight excluding hydrogens is 288 g/mol. The minimum absolute atomic E-state index is 0.00536. The molecule has 2 heterocycles. The number of hydrogen-bond donors (Lipinski definition) is 2. The molecule has 21 heavy (non-hydrogen) atoms. The Hall–Kier alpha value is -1.26. The highest BCUT2D eigenvalue weighted by atomic mass is 35.5. The van der Waals surface area contributed by atoms with Gasteiger partial charge in [-0.25, -0.2) is 0 Å². The standard InChI is InChI=1S/C16H21ClN2O2/c17-12-3-4-14(20)13(9-12)15(21)19-8-2-6-16(11-19)5-1-7-18-10-16/h3-4,9,18,20H,1-2,5-8,10-11H2. The number of nitrogens with zero attached hydrogens (tertiary/aromatic N) is 1. The molecule has 0 aliphatic carbocycles. The van der Waals surface area contributed by atoms with Gasteiger partial charge in [-0.3, -0.25) is 4.79 Å². The number of nitrogens with one attached hydrogen (secondary N) is 1. The van der Waals surface area contributed by atoms with Crippen molar-refractivity contribution in [1.82, 2.24) is 10.2 Å². The summed E-state index contributed by atoms with van der Waals surface area (Å²) in [5, 5.41) is 13.9. The molecule has 1 aromatic carbocycles. The largest absolute Gasteiger partial charge is 0.507 e. The van der Waals surface area contributed by atoms with E-state index in [9.17, 15) is 9.90 Å². The molecule has 2 saturated heterocycles. The molecule has 4 nitrogen and oxygen atoms in total. The highest BCUT2D eigenvalue weighted by molar-refractivity contribution is 6.31. The molecule has 2 aliphatic heterocycles. The molecule has 2 N–H and O–H groups in total. The summed E-state index contributed by atoms with van der Waals surface area (Å²) in [5.41, 5.74) is 0.517. The van der Waals surface area contributed by atoms with E-state index in [1.165, 1.54) is 25.3 Å². The Kier molecular flexibility index (Phi) is 4.09. The molecule has 5 heteroatoms. The van der Waals surface area contributed by atoms with Gasteiger partial charge in [-0.05, 0) is 50.4 Å². The number of halogens is 1. The van der Waals surface area contributed by atoms with E-state index in [0.717, 1.165) is 32.6 Å². The van der Waals surface area contributed by atoms with E-state index in [-0.39, 0.29) is 17.1 Å². The van der Waals surface area contributed by atoms with E-state index in [2.05, 4.69) is 5.32 Å². The lowest BCUT2D eigenvalue weighted by Crippen LogP contribution is -2.52. The molecule has 1 atom stereocenters. The lowest BCUT2D eigenvalue weighted by molar-refractivity contribution is 0.0431. The van der Waals surface area contributed by atoms with Gasteiger partial charge in [-0.1, -0.05) is 11.6 Å². The number of likely N-dealkylation sites (tertiary alicyclic amines) is 1. The quantitative estimate of drug-likeness (QED) is 0.838. The lowest BCUT2D eigenvalue weighted by atomic mass is 9.74. The molecule has 0 bridgehead atoms. The molecule has 1 unspecified atom stereocenters. The van der Waals surface area contributed by atoms with Crippen molar-refractivity contribution in [3.63, 3.8) is 0 Å². The fourth-order valence-corrected chi connectivity index (χ4v) is 3.78. The van der Waals surface area contributed by atoms with Gasteiger partial charge in [-0.2, -0.15) is 0 Å². The van der Waals surface area contributed by atoms with Gasteiger partial charge in [0.1, 0.15) is 5.75 Å². The van der Waals surface area contributed by atoms with Gasteiger partial charge in [0.25, 0.3) is 5.91 Å². The van der Waals surface area contributed by atoms with Crippen LogP contribution in [0.1, 0.15) is 36.0 Å². The van der Waals surface area contributed by atoms with E-state index in [4.69, 9.17) is 11.6 Å². The summed E-state index contributed by atoms with van der Waals surface area (Å²) < 4.78 is 0. The molecule has 2 aliphatic rings. The summed E-state index contributed by atoms with van der Waals surface area (Å²) in [4.78, 5) is 14.6. The fraction of sp³-hybridized carbons (Fsp3) is 0.562. The summed E-state index contributed by atoms with van der Waals surface area (Å²) in [7, 11) is 0. The zero-order valence-electron chi connectivity index (χ0n) is 12.1. The number of carbonyl (C=O) groups excluding carboxylic acids is 1. The number of benzene rings is 1. The number of amides is 1. The molecule has 1 spiro atoms. The molecule has 1 aromatic rings. The Morgan fingerprint density at radius 1 is 1.33 bits per heavy atom. The minimum Gasteiger partial charge on any atom is -0.507 e. The van der Waals surface area contributed by atoms with Crippen molar-refractivity contribution in [2.45, 2.75) is 25.7 Å². The SMILES string of the molecule is O=C(c1cc(Cl)ccc1O)N1CCCC2(CCCNC2)C1. The maximum Gasteiger partial charge on any atom is 0.257 e. The number of rotatable bonds is 1. The Balaban J connectivity index is 1.79. The average Bonchev–Trinajstić information content (AvgIpc) is 2.50. The highest BCUT2D eigenvalue weighted by Gasteiger charge is 2.38. The number of piperidine rings is 2. The molecule has 2 fully saturated rings. The van der Waals surface area contributed by atoms with Crippen molar-refractivity contribution in [3.8, 4) is 5.75 Å². The molecule has 0 saturated carbocycles. The Labute approximate surface area is 130 Å². The van der Waals surface area contributed by atoms with Crippen LogP contribution in [0.2, 0.25) is 5.02 Å². The minimum atomic E-state index is -0.111. The molecule has 1 amide bonds. The predicted octanol–water partition coefficient (Wildman–Crippen LogP) is 2.65. The van der Waals surface area contributed by atoms with Crippen LogP contribution in [-0.4, -0.2) is 42.1 Å². The van der Waals surface area contributed by atoms with Crippen LogP contribution in [0.3, 0.4) is 0 Å². The van der Waals surface area contributed by atoms with E-state index in [0.29, 0.717) is 10.6 Å². The van der Waals surface area contributed by atoms with Crippen LogP contribution < -0.4 is 5.32 Å². The second-order valence-electron chi connectivity index (χ2n) is 6.27. The zero-order valence-corrected chi connectivity index (χ0v) is 12.8. The van der Waals surface area contributed by atoms with Gasteiger partial charge < -0.3 is 15.3 Å². The first-order valence-corrected chi connectivity index (χ1v) is 7.96. The number of carbonyl (C=O) groups is 1. The first-order chi connectivity index (χ1) is 10.1. The van der Waals surface area contributed by atoms with Gasteiger partial charge in [0.05, 0.1) is 5.56 Å². The average molecular weight is 309 g/mol. The highest BCUT2D eigenvalue weighted by Crippen LogP contribution is 2.37. The summed E-state index contributed by atoms with van der Waals surface area (Å²) in [6.45, 7) is 3.58. The van der Waals surface area contributed by atoms with E-state index < -0.39 is 0 Å². The molecular formula is C16H21ClN2O2. The number of phenolic OH excluding ortho intramolecular Hbond substituents is 1. The van der Waals surface area contributed by atoms with E-state index in [1.807, 2.05) is 4.90 Å². The Bertz CT molecular complexity index is 536. The van der Waals surface area contributed by atoms with Gasteiger partial charge in [-0.15, -0.1) is 0 Å². The van der Waals surface area contributed by atoms with E-state index in [1.54, 1.807) is 12.1 Å². The number of phenols is 1. The van der Waals surface area contributed by atoms with Gasteiger partial charge in [0.15, 0.2) is 0 Å². The summed E-state index contributed by atoms with van der Waals surface area (Å²) >= 11 is 5.95. The maximum absolute atomic E-state index is 12.7. The second-order valence-corrected chi connectivity index (χ2v) is 6.71. The van der Waals surface area contributed by atoms with Crippen LogP contribution in [0.5, 0.6) is 5.75 Å². The van der Waals surface area contributed by atoms with Crippen molar-refractivity contribution < 1.29 is 9.90 Å². The van der Waals surface area contributed by atoms with Crippen LogP contribution in [-0.2, 0) is 0 Å². The maximum atomic E-state index is 12.7. The lowest BCUT2D eigenvalue weighted by Gasteiger charge is -2.45. The normalized spacial score (nSPS) is 26.0. The smallest absolute Gasteiger partial charge is 0.257 e. The van der Waals surface area contributed by atoms with Crippen molar-refractivity contribution in [1.29, 1.82) is 0 Å². The first kappa shape index (κ1) is 14.7. The second kappa shape index (κ2) is 5.85. The first-order valence-electron chi connectivity index (χ1n) is 7.58. The molecule has 3 rings (SSSR count). The summed E-state index contributed by atoms with van der Waals surface area (Å²) in [5.74, 6) is -0.106. The topological polar surface area (TPSA) is 52.6 Å². The molecule has 0 aromatic heterocycles. The third-order valence-electron chi connectivity index (χ3n) is 4.70. The monoisotopic (exact) mass is 308 g/mol. The van der Waals surface area contributed by atoms with Crippen molar-refractivity contribution >= 4 is 17.5 Å². The predicted molar refractivity (Wildman–Crippen MR) is 82.8 cm³/mol. The van der Waals surface area contributed by atoms with Crippen LogP contribution >= 0.6 is 11.6 Å². The van der Waals surface area contributed by atoms with Crippen molar-refractivity contribution in [2.75, 3.05) is 26.2 Å². The zero-order chi connectivity index (χ0) is 14.9. The van der Waals surface area contributed by atoms with Gasteiger partial charge >= 0.3 is 0 Å². The molecule has 0 radical (unpaired) electrons.